The lowest BCUT2D eigenvalue weighted by atomic mass is 9.95. The lowest BCUT2D eigenvalue weighted by Gasteiger charge is -2.34. The highest BCUT2D eigenvalue weighted by molar-refractivity contribution is 14.0. The van der Waals surface area contributed by atoms with Crippen molar-refractivity contribution in [1.29, 1.82) is 0 Å². The van der Waals surface area contributed by atoms with E-state index in [0.717, 1.165) is 37.5 Å². The normalized spacial score (nSPS) is 19.2. The molecule has 0 bridgehead atoms. The molecule has 1 aromatic rings. The van der Waals surface area contributed by atoms with Gasteiger partial charge >= 0.3 is 0 Å². The Hall–Kier alpha value is -1.42. The highest BCUT2D eigenvalue weighted by atomic mass is 127. The number of guanidine groups is 1. The minimum atomic E-state index is -0.366. The van der Waals surface area contributed by atoms with Gasteiger partial charge < -0.3 is 15.5 Å². The number of nitrogens with zero attached hydrogens (tertiary/aromatic N) is 3. The average molecular weight is 529 g/mol. The van der Waals surface area contributed by atoms with E-state index in [9.17, 15) is 10.1 Å². The van der Waals surface area contributed by atoms with E-state index in [0.29, 0.717) is 18.6 Å². The number of likely N-dealkylation sites (tertiary alicyclic amines) is 1. The zero-order valence-electron chi connectivity index (χ0n) is 18.0. The van der Waals surface area contributed by atoms with Crippen LogP contribution in [0.2, 0.25) is 0 Å². The van der Waals surface area contributed by atoms with Crippen molar-refractivity contribution < 1.29 is 4.92 Å². The van der Waals surface area contributed by atoms with Crippen molar-refractivity contribution in [2.24, 2.45) is 4.99 Å². The van der Waals surface area contributed by atoms with Gasteiger partial charge in [0.1, 0.15) is 0 Å². The molecule has 0 aromatic heterocycles. The molecule has 1 saturated heterocycles. The molecule has 1 aliphatic carbocycles. The van der Waals surface area contributed by atoms with Crippen LogP contribution in [0.15, 0.2) is 29.3 Å². The standard InChI is InChI=1S/C22H35N5O2.HI/c1-2-14-26-15-12-20(13-16-26)25-22(24-19-6-4-3-5-7-19)23-17-18-8-10-21(11-9-18)27(28)29;/h8-11,19-20H,2-7,12-17H2,1H3,(H2,23,24,25);1H. The van der Waals surface area contributed by atoms with Crippen LogP contribution >= 0.6 is 24.0 Å². The molecule has 2 aliphatic rings. The van der Waals surface area contributed by atoms with Crippen molar-refractivity contribution in [1.82, 2.24) is 15.5 Å². The predicted octanol–water partition coefficient (Wildman–Crippen LogP) is 4.46. The number of nitrogens with one attached hydrogen (secondary N) is 2. The van der Waals surface area contributed by atoms with Gasteiger partial charge in [-0.25, -0.2) is 4.99 Å². The Balaban J connectivity index is 0.00000320. The maximum Gasteiger partial charge on any atom is 0.269 e. The molecule has 1 saturated carbocycles. The Kier molecular flexibility index (Phi) is 10.8. The number of benzene rings is 1. The summed E-state index contributed by atoms with van der Waals surface area (Å²) in [6.45, 7) is 6.24. The Morgan fingerprint density at radius 1 is 1.07 bits per heavy atom. The average Bonchev–Trinajstić information content (AvgIpc) is 2.74. The first-order valence-electron chi connectivity index (χ1n) is 11.2. The fourth-order valence-corrected chi connectivity index (χ4v) is 4.28. The Morgan fingerprint density at radius 2 is 1.67 bits per heavy atom. The van der Waals surface area contributed by atoms with Crippen molar-refractivity contribution in [3.05, 3.63) is 39.9 Å². The van der Waals surface area contributed by atoms with Gasteiger partial charge in [0.15, 0.2) is 5.96 Å². The number of aliphatic imine (C=N–C) groups is 1. The number of rotatable bonds is 7. The number of hydrogen-bond donors (Lipinski definition) is 2. The van der Waals surface area contributed by atoms with Gasteiger partial charge in [0.05, 0.1) is 11.5 Å². The molecule has 0 spiro atoms. The summed E-state index contributed by atoms with van der Waals surface area (Å²) in [7, 11) is 0. The number of hydrogen-bond acceptors (Lipinski definition) is 4. The van der Waals surface area contributed by atoms with Gasteiger partial charge in [0.25, 0.3) is 5.69 Å². The Labute approximate surface area is 197 Å². The maximum atomic E-state index is 10.8. The molecule has 1 heterocycles. The van der Waals surface area contributed by atoms with Crippen LogP contribution in [0, 0.1) is 10.1 Å². The predicted molar refractivity (Wildman–Crippen MR) is 133 cm³/mol. The van der Waals surface area contributed by atoms with E-state index in [1.807, 2.05) is 0 Å². The van der Waals surface area contributed by atoms with Crippen LogP contribution in [-0.4, -0.2) is 47.5 Å². The van der Waals surface area contributed by atoms with Crippen molar-refractivity contribution in [3.8, 4) is 0 Å². The van der Waals surface area contributed by atoms with Crippen molar-refractivity contribution >= 4 is 35.6 Å². The zero-order valence-corrected chi connectivity index (χ0v) is 20.3. The first-order chi connectivity index (χ1) is 14.1. The first-order valence-corrected chi connectivity index (χ1v) is 11.2. The number of nitro groups is 1. The number of piperidine rings is 1. The topological polar surface area (TPSA) is 82.8 Å². The second-order valence-corrected chi connectivity index (χ2v) is 8.33. The van der Waals surface area contributed by atoms with E-state index in [2.05, 4.69) is 22.5 Å². The molecule has 30 heavy (non-hydrogen) atoms. The Morgan fingerprint density at radius 3 is 2.23 bits per heavy atom. The first kappa shape index (κ1) is 24.8. The SMILES string of the molecule is CCCN1CCC(NC(=NCc2ccc([N+](=O)[O-])cc2)NC2CCCCC2)CC1.I. The highest BCUT2D eigenvalue weighted by Gasteiger charge is 2.21. The van der Waals surface area contributed by atoms with Gasteiger partial charge in [-0.05, 0) is 44.2 Å². The molecule has 7 nitrogen and oxygen atoms in total. The summed E-state index contributed by atoms with van der Waals surface area (Å²) in [6, 6.07) is 7.64. The summed E-state index contributed by atoms with van der Waals surface area (Å²) >= 11 is 0. The largest absolute Gasteiger partial charge is 0.354 e. The molecule has 168 valence electrons. The molecule has 2 fully saturated rings. The molecule has 3 rings (SSSR count). The van der Waals surface area contributed by atoms with Crippen molar-refractivity contribution in [2.75, 3.05) is 19.6 Å². The van der Waals surface area contributed by atoms with Gasteiger partial charge in [0, 0.05) is 37.3 Å². The molecule has 0 radical (unpaired) electrons. The van der Waals surface area contributed by atoms with Crippen LogP contribution in [-0.2, 0) is 6.54 Å². The van der Waals surface area contributed by atoms with Crippen LogP contribution in [0.3, 0.4) is 0 Å². The van der Waals surface area contributed by atoms with Crippen LogP contribution < -0.4 is 10.6 Å². The van der Waals surface area contributed by atoms with Gasteiger partial charge in [-0.15, -0.1) is 24.0 Å². The van der Waals surface area contributed by atoms with Crippen LogP contribution in [0.4, 0.5) is 5.69 Å². The zero-order chi connectivity index (χ0) is 20.5. The summed E-state index contributed by atoms with van der Waals surface area (Å²) in [5.74, 6) is 0.893. The molecule has 0 amide bonds. The minimum absolute atomic E-state index is 0. The summed E-state index contributed by atoms with van der Waals surface area (Å²) in [5, 5.41) is 18.2. The van der Waals surface area contributed by atoms with Crippen LogP contribution in [0.1, 0.15) is 63.9 Å². The highest BCUT2D eigenvalue weighted by Crippen LogP contribution is 2.18. The number of nitro benzene ring substituents is 1. The second-order valence-electron chi connectivity index (χ2n) is 8.33. The molecular formula is C22H36IN5O2. The van der Waals surface area contributed by atoms with E-state index in [4.69, 9.17) is 4.99 Å². The third-order valence-corrected chi connectivity index (χ3v) is 5.98. The fraction of sp³-hybridized carbons (Fsp3) is 0.682. The summed E-state index contributed by atoms with van der Waals surface area (Å²) in [5.41, 5.74) is 1.10. The van der Waals surface area contributed by atoms with Crippen LogP contribution in [0.5, 0.6) is 0 Å². The van der Waals surface area contributed by atoms with E-state index >= 15 is 0 Å². The molecule has 1 aliphatic heterocycles. The van der Waals surface area contributed by atoms with Crippen molar-refractivity contribution in [2.45, 2.75) is 76.9 Å². The van der Waals surface area contributed by atoms with Gasteiger partial charge in [-0.1, -0.05) is 38.3 Å². The van der Waals surface area contributed by atoms with E-state index < -0.39 is 0 Å². The summed E-state index contributed by atoms with van der Waals surface area (Å²) in [4.78, 5) is 17.8. The molecule has 8 heteroatoms. The Bertz CT molecular complexity index is 669. The van der Waals surface area contributed by atoms with E-state index in [1.54, 1.807) is 24.3 Å². The molecule has 2 N–H and O–H groups in total. The second kappa shape index (κ2) is 13.1. The molecular weight excluding hydrogens is 493 g/mol. The quantitative estimate of drug-likeness (QED) is 0.179. The lowest BCUT2D eigenvalue weighted by molar-refractivity contribution is -0.384. The van der Waals surface area contributed by atoms with E-state index in [1.165, 1.54) is 45.1 Å². The molecule has 1 aromatic carbocycles. The third kappa shape index (κ3) is 8.02. The van der Waals surface area contributed by atoms with Crippen molar-refractivity contribution in [3.63, 3.8) is 0 Å². The molecule has 0 atom stereocenters. The maximum absolute atomic E-state index is 10.8. The minimum Gasteiger partial charge on any atom is -0.354 e. The monoisotopic (exact) mass is 529 g/mol. The number of non-ortho nitro benzene ring substituents is 1. The summed E-state index contributed by atoms with van der Waals surface area (Å²) in [6.07, 6.45) is 9.79. The van der Waals surface area contributed by atoms with Crippen LogP contribution in [0.25, 0.3) is 0 Å². The smallest absolute Gasteiger partial charge is 0.269 e. The number of halogens is 1. The lowest BCUT2D eigenvalue weighted by Crippen LogP contribution is -2.51. The fourth-order valence-electron chi connectivity index (χ4n) is 4.28. The third-order valence-electron chi connectivity index (χ3n) is 5.98. The van der Waals surface area contributed by atoms with Gasteiger partial charge in [-0.2, -0.15) is 0 Å². The van der Waals surface area contributed by atoms with E-state index in [-0.39, 0.29) is 34.6 Å². The summed E-state index contributed by atoms with van der Waals surface area (Å²) < 4.78 is 0. The van der Waals surface area contributed by atoms with Gasteiger partial charge in [0.2, 0.25) is 0 Å². The molecule has 0 unspecified atom stereocenters. The van der Waals surface area contributed by atoms with Gasteiger partial charge in [-0.3, -0.25) is 10.1 Å².